The minimum atomic E-state index is -3.17. The second-order valence-corrected chi connectivity index (χ2v) is 7.01. The van der Waals surface area contributed by atoms with Gasteiger partial charge in [0, 0.05) is 12.6 Å². The number of hydrogen-bond acceptors (Lipinski definition) is 4. The fraction of sp³-hybridized carbons (Fsp3) is 0.500. The summed E-state index contributed by atoms with van der Waals surface area (Å²) in [6.07, 6.45) is 2.31. The molecule has 0 radical (unpaired) electrons. The Kier molecular flexibility index (Phi) is 5.87. The van der Waals surface area contributed by atoms with Crippen LogP contribution < -0.4 is 10.6 Å². The highest BCUT2D eigenvalue weighted by atomic mass is 32.2. The van der Waals surface area contributed by atoms with Crippen molar-refractivity contribution in [2.45, 2.75) is 13.8 Å². The number of pyridine rings is 1. The van der Waals surface area contributed by atoms with E-state index in [9.17, 15) is 17.6 Å². The maximum atomic E-state index is 12.8. The molecule has 0 bridgehead atoms. The number of nitrogens with one attached hydrogen (secondary N) is 2. The molecule has 1 heterocycles. The molecule has 6 nitrogen and oxygen atoms in total. The summed E-state index contributed by atoms with van der Waals surface area (Å²) in [7, 11) is -3.17. The highest BCUT2D eigenvalue weighted by Crippen LogP contribution is 2.06. The number of aromatic nitrogens is 1. The van der Waals surface area contributed by atoms with Gasteiger partial charge in [0.25, 0.3) is 0 Å². The van der Waals surface area contributed by atoms with E-state index in [1.807, 2.05) is 13.8 Å². The van der Waals surface area contributed by atoms with E-state index in [2.05, 4.69) is 15.6 Å². The van der Waals surface area contributed by atoms with Gasteiger partial charge in [-0.25, -0.2) is 17.6 Å². The van der Waals surface area contributed by atoms with E-state index < -0.39 is 21.7 Å². The molecule has 8 heteroatoms. The summed E-state index contributed by atoms with van der Waals surface area (Å²) < 4.78 is 36.0. The Hall–Kier alpha value is -1.70. The number of carbonyl (C=O) groups is 1. The van der Waals surface area contributed by atoms with Gasteiger partial charge >= 0.3 is 6.03 Å². The Labute approximate surface area is 117 Å². The number of anilines is 1. The number of carbonyl (C=O) groups excluding carboxylic acids is 1. The number of urea groups is 1. The number of nitrogens with zero attached hydrogens (tertiary/aromatic N) is 1. The zero-order valence-corrected chi connectivity index (χ0v) is 12.2. The van der Waals surface area contributed by atoms with Crippen LogP contribution in [0.25, 0.3) is 0 Å². The number of sulfone groups is 1. The molecule has 1 rings (SSSR count). The van der Waals surface area contributed by atoms with E-state index in [0.29, 0.717) is 0 Å². The molecular formula is C12H18FN3O3S. The summed E-state index contributed by atoms with van der Waals surface area (Å²) in [5.74, 6) is -0.557. The fourth-order valence-electron chi connectivity index (χ4n) is 1.57. The molecule has 2 amide bonds. The molecule has 20 heavy (non-hydrogen) atoms. The lowest BCUT2D eigenvalue weighted by molar-refractivity contribution is 0.252. The molecule has 0 unspecified atom stereocenters. The van der Waals surface area contributed by atoms with Crippen molar-refractivity contribution in [3.8, 4) is 0 Å². The van der Waals surface area contributed by atoms with Crippen LogP contribution in [-0.4, -0.2) is 37.5 Å². The molecular weight excluding hydrogens is 285 g/mol. The van der Waals surface area contributed by atoms with Crippen LogP contribution in [0.15, 0.2) is 18.5 Å². The molecule has 0 spiro atoms. The van der Waals surface area contributed by atoms with Crippen molar-refractivity contribution < 1.29 is 17.6 Å². The molecule has 0 aliphatic rings. The lowest BCUT2D eigenvalue weighted by Crippen LogP contribution is -2.33. The normalized spacial score (nSPS) is 11.4. The lowest BCUT2D eigenvalue weighted by atomic mass is 10.3. The number of rotatable bonds is 6. The van der Waals surface area contributed by atoms with Crippen LogP contribution in [0, 0.1) is 11.7 Å². The first-order chi connectivity index (χ1) is 9.28. The van der Waals surface area contributed by atoms with Gasteiger partial charge in [-0.3, -0.25) is 4.98 Å². The summed E-state index contributed by atoms with van der Waals surface area (Å²) in [5, 5.41) is 4.76. The molecule has 2 N–H and O–H groups in total. The Morgan fingerprint density at radius 1 is 1.40 bits per heavy atom. The highest BCUT2D eigenvalue weighted by Gasteiger charge is 2.13. The second-order valence-electron chi connectivity index (χ2n) is 4.78. The Morgan fingerprint density at radius 3 is 2.70 bits per heavy atom. The van der Waals surface area contributed by atoms with Crippen molar-refractivity contribution in [2.24, 2.45) is 5.92 Å². The second kappa shape index (κ2) is 7.18. The maximum absolute atomic E-state index is 12.8. The zero-order valence-electron chi connectivity index (χ0n) is 11.4. The monoisotopic (exact) mass is 303 g/mol. The van der Waals surface area contributed by atoms with Crippen molar-refractivity contribution in [1.82, 2.24) is 10.3 Å². The van der Waals surface area contributed by atoms with Gasteiger partial charge in [-0.05, 0) is 5.92 Å². The number of halogens is 1. The minimum absolute atomic E-state index is 0.00360. The predicted molar refractivity (Wildman–Crippen MR) is 74.7 cm³/mol. The van der Waals surface area contributed by atoms with Crippen LogP contribution in [0.4, 0.5) is 14.9 Å². The first-order valence-electron chi connectivity index (χ1n) is 6.14. The van der Waals surface area contributed by atoms with Gasteiger partial charge in [0.1, 0.15) is 5.82 Å². The van der Waals surface area contributed by atoms with Crippen LogP contribution in [0.2, 0.25) is 0 Å². The van der Waals surface area contributed by atoms with Crippen molar-refractivity contribution in [1.29, 1.82) is 0 Å². The van der Waals surface area contributed by atoms with Crippen molar-refractivity contribution >= 4 is 21.6 Å². The highest BCUT2D eigenvalue weighted by molar-refractivity contribution is 7.91. The smallest absolute Gasteiger partial charge is 0.319 e. The molecule has 1 aromatic rings. The minimum Gasteiger partial charge on any atom is -0.337 e. The van der Waals surface area contributed by atoms with Gasteiger partial charge in [-0.1, -0.05) is 13.8 Å². The Bertz CT molecular complexity index is 561. The third-order valence-corrected chi connectivity index (χ3v) is 4.25. The molecule has 0 aromatic carbocycles. The standard InChI is InChI=1S/C12H18FN3O3S/c1-9(2)8-20(18,19)4-3-15-12(17)16-11-5-10(13)6-14-7-11/h5-7,9H,3-4,8H2,1-2H3,(H2,15,16,17). The van der Waals surface area contributed by atoms with Gasteiger partial charge in [0.2, 0.25) is 0 Å². The first-order valence-corrected chi connectivity index (χ1v) is 7.96. The Balaban J connectivity index is 2.37. The maximum Gasteiger partial charge on any atom is 0.319 e. The quantitative estimate of drug-likeness (QED) is 0.831. The van der Waals surface area contributed by atoms with E-state index in [1.165, 1.54) is 6.20 Å². The van der Waals surface area contributed by atoms with Crippen molar-refractivity contribution in [3.05, 3.63) is 24.3 Å². The summed E-state index contributed by atoms with van der Waals surface area (Å²) in [6, 6.07) is 0.513. The van der Waals surface area contributed by atoms with Gasteiger partial charge in [-0.2, -0.15) is 0 Å². The predicted octanol–water partition coefficient (Wildman–Crippen LogP) is 1.41. The van der Waals surface area contributed by atoms with E-state index in [-0.39, 0.29) is 29.7 Å². The Morgan fingerprint density at radius 2 is 2.10 bits per heavy atom. The summed E-state index contributed by atoms with van der Waals surface area (Å²) in [6.45, 7) is 3.63. The van der Waals surface area contributed by atoms with Gasteiger partial charge in [0.15, 0.2) is 9.84 Å². The summed E-state index contributed by atoms with van der Waals surface area (Å²) >= 11 is 0. The van der Waals surface area contributed by atoms with Crippen LogP contribution in [-0.2, 0) is 9.84 Å². The molecule has 0 saturated heterocycles. The molecule has 0 saturated carbocycles. The summed E-state index contributed by atoms with van der Waals surface area (Å²) in [4.78, 5) is 15.0. The summed E-state index contributed by atoms with van der Waals surface area (Å²) in [5.41, 5.74) is 0.201. The van der Waals surface area contributed by atoms with E-state index >= 15 is 0 Å². The number of hydrogen-bond donors (Lipinski definition) is 2. The average Bonchev–Trinajstić information content (AvgIpc) is 2.26. The third-order valence-electron chi connectivity index (χ3n) is 2.25. The van der Waals surface area contributed by atoms with Gasteiger partial charge in [-0.15, -0.1) is 0 Å². The first kappa shape index (κ1) is 16.4. The van der Waals surface area contributed by atoms with Gasteiger partial charge in [0.05, 0.1) is 29.6 Å². The topological polar surface area (TPSA) is 88.2 Å². The van der Waals surface area contributed by atoms with Crippen LogP contribution in [0.1, 0.15) is 13.8 Å². The van der Waals surface area contributed by atoms with E-state index in [4.69, 9.17) is 0 Å². The SMILES string of the molecule is CC(C)CS(=O)(=O)CCNC(=O)Nc1cncc(F)c1. The van der Waals surface area contributed by atoms with Crippen LogP contribution in [0.5, 0.6) is 0 Å². The average molecular weight is 303 g/mol. The molecule has 1 aromatic heterocycles. The molecule has 0 aliphatic carbocycles. The lowest BCUT2D eigenvalue weighted by Gasteiger charge is -2.09. The van der Waals surface area contributed by atoms with Crippen molar-refractivity contribution in [2.75, 3.05) is 23.4 Å². The molecule has 0 aliphatic heterocycles. The number of amides is 2. The van der Waals surface area contributed by atoms with E-state index in [1.54, 1.807) is 0 Å². The fourth-order valence-corrected chi connectivity index (χ4v) is 3.16. The molecule has 112 valence electrons. The van der Waals surface area contributed by atoms with Crippen LogP contribution >= 0.6 is 0 Å². The largest absolute Gasteiger partial charge is 0.337 e. The molecule has 0 atom stereocenters. The third kappa shape index (κ3) is 6.46. The van der Waals surface area contributed by atoms with E-state index in [0.717, 1.165) is 12.3 Å². The zero-order chi connectivity index (χ0) is 15.2. The molecule has 0 fully saturated rings. The van der Waals surface area contributed by atoms with Crippen molar-refractivity contribution in [3.63, 3.8) is 0 Å². The van der Waals surface area contributed by atoms with Gasteiger partial charge < -0.3 is 10.6 Å². The van der Waals surface area contributed by atoms with Crippen LogP contribution in [0.3, 0.4) is 0 Å².